The predicted octanol–water partition coefficient (Wildman–Crippen LogP) is 4.95. The Morgan fingerprint density at radius 1 is 0.946 bits per heavy atom. The number of hydrogen-bond donors (Lipinski definition) is 0. The summed E-state index contributed by atoms with van der Waals surface area (Å²) in [6, 6.07) is 21.6. The van der Waals surface area contributed by atoms with Crippen LogP contribution in [0.4, 0.5) is 0 Å². The van der Waals surface area contributed by atoms with Gasteiger partial charge in [0.05, 0.1) is 17.3 Å². The molecule has 4 aromatic rings. The van der Waals surface area contributed by atoms with Gasteiger partial charge in [-0.25, -0.2) is 17.4 Å². The number of rotatable bonds is 6. The van der Waals surface area contributed by atoms with Crippen LogP contribution >= 0.6 is 12.2 Å². The second-order valence-corrected chi connectivity index (χ2v) is 12.2. The van der Waals surface area contributed by atoms with Crippen molar-refractivity contribution in [3.05, 3.63) is 93.8 Å². The first-order valence-electron chi connectivity index (χ1n) is 12.3. The molecule has 0 bridgehead atoms. The van der Waals surface area contributed by atoms with Gasteiger partial charge >= 0.3 is 0 Å². The second kappa shape index (κ2) is 9.98. The molecule has 0 aliphatic carbocycles. The van der Waals surface area contributed by atoms with Crippen molar-refractivity contribution in [1.29, 1.82) is 0 Å². The maximum absolute atomic E-state index is 12.9. The molecular weight excluding hydrogens is 502 g/mol. The third-order valence-corrected chi connectivity index (χ3v) is 9.12. The molecule has 1 aliphatic rings. The van der Waals surface area contributed by atoms with E-state index < -0.39 is 10.0 Å². The minimum absolute atomic E-state index is 0.219. The number of hydrogen-bond acceptors (Lipinski definition) is 5. The Morgan fingerprint density at radius 2 is 1.62 bits per heavy atom. The zero-order valence-corrected chi connectivity index (χ0v) is 23.2. The zero-order chi connectivity index (χ0) is 26.3. The summed E-state index contributed by atoms with van der Waals surface area (Å²) in [4.78, 5) is 2.56. The normalized spacial score (nSPS) is 14.2. The molecule has 0 N–H and O–H groups in total. The van der Waals surface area contributed by atoms with Crippen LogP contribution in [0.5, 0.6) is 0 Å². The van der Waals surface area contributed by atoms with E-state index in [4.69, 9.17) is 17.3 Å². The largest absolute Gasteiger partial charge is 0.280 e. The quantitative estimate of drug-likeness (QED) is 0.328. The van der Waals surface area contributed by atoms with Crippen molar-refractivity contribution in [2.24, 2.45) is 0 Å². The van der Waals surface area contributed by atoms with E-state index in [0.29, 0.717) is 22.8 Å². The lowest BCUT2D eigenvalue weighted by atomic mass is 10.0. The summed E-state index contributed by atoms with van der Waals surface area (Å²) in [5, 5.41) is 4.98. The Kier molecular flexibility index (Phi) is 6.89. The highest BCUT2D eigenvalue weighted by Crippen LogP contribution is 2.29. The Bertz CT molecular complexity index is 1620. The standard InChI is InChI=1S/C28H31N5O2S2/c1-20-9-7-10-21(2)26(20)33-27(23-13-8-14-25(17-23)37(34,35)30(3)4)29-32(28(33)36)19-31-16-15-22-11-5-6-12-24(22)18-31/h5-14,17H,15-16,18-19H2,1-4H3. The van der Waals surface area contributed by atoms with E-state index in [9.17, 15) is 8.42 Å². The number of fused-ring (bicyclic) bond motifs is 1. The van der Waals surface area contributed by atoms with Crippen LogP contribution in [-0.2, 0) is 29.7 Å². The molecule has 7 nitrogen and oxygen atoms in total. The minimum atomic E-state index is -3.60. The van der Waals surface area contributed by atoms with E-state index in [0.717, 1.165) is 36.3 Å². The van der Waals surface area contributed by atoms with Crippen LogP contribution < -0.4 is 0 Å². The van der Waals surface area contributed by atoms with Gasteiger partial charge in [0.2, 0.25) is 14.8 Å². The molecule has 3 aromatic carbocycles. The molecule has 9 heteroatoms. The molecule has 37 heavy (non-hydrogen) atoms. The molecule has 5 rings (SSSR count). The topological polar surface area (TPSA) is 63.4 Å². The van der Waals surface area contributed by atoms with Crippen LogP contribution in [0.15, 0.2) is 71.6 Å². The van der Waals surface area contributed by atoms with Crippen molar-refractivity contribution >= 4 is 22.2 Å². The van der Waals surface area contributed by atoms with Crippen LogP contribution in [-0.4, -0.2) is 52.6 Å². The summed E-state index contributed by atoms with van der Waals surface area (Å²) >= 11 is 6.02. The number of benzene rings is 3. The summed E-state index contributed by atoms with van der Waals surface area (Å²) in [5.74, 6) is 0.621. The Labute approximate surface area is 223 Å². The van der Waals surface area contributed by atoms with Crippen molar-refractivity contribution in [2.45, 2.75) is 38.4 Å². The van der Waals surface area contributed by atoms with Crippen LogP contribution in [0.2, 0.25) is 0 Å². The fourth-order valence-corrected chi connectivity index (χ4v) is 6.14. The van der Waals surface area contributed by atoms with E-state index in [1.54, 1.807) is 18.2 Å². The van der Waals surface area contributed by atoms with Gasteiger partial charge in [-0.15, -0.1) is 5.10 Å². The molecule has 1 aromatic heterocycles. The van der Waals surface area contributed by atoms with Crippen LogP contribution in [0.25, 0.3) is 17.1 Å². The maximum atomic E-state index is 12.9. The fraction of sp³-hybridized carbons (Fsp3) is 0.286. The fourth-order valence-electron chi connectivity index (χ4n) is 4.92. The third-order valence-electron chi connectivity index (χ3n) is 6.92. The molecule has 0 saturated heterocycles. The summed E-state index contributed by atoms with van der Waals surface area (Å²) < 4.78 is 31.4. The molecule has 0 radical (unpaired) electrons. The zero-order valence-electron chi connectivity index (χ0n) is 21.5. The number of aryl methyl sites for hydroxylation is 2. The lowest BCUT2D eigenvalue weighted by Crippen LogP contribution is -2.32. The molecule has 0 fully saturated rings. The predicted molar refractivity (Wildman–Crippen MR) is 149 cm³/mol. The molecule has 0 spiro atoms. The maximum Gasteiger partial charge on any atom is 0.242 e. The Hall–Kier alpha value is -3.11. The molecular formula is C28H31N5O2S2. The first-order chi connectivity index (χ1) is 17.7. The lowest BCUT2D eigenvalue weighted by Gasteiger charge is -2.28. The van der Waals surface area contributed by atoms with Gasteiger partial charge in [0, 0.05) is 32.7 Å². The van der Waals surface area contributed by atoms with Crippen molar-refractivity contribution in [3.63, 3.8) is 0 Å². The molecule has 0 unspecified atom stereocenters. The smallest absolute Gasteiger partial charge is 0.242 e. The molecule has 1 aliphatic heterocycles. The van der Waals surface area contributed by atoms with Gasteiger partial charge in [-0.1, -0.05) is 54.6 Å². The first-order valence-corrected chi connectivity index (χ1v) is 14.1. The number of para-hydroxylation sites is 1. The van der Waals surface area contributed by atoms with Gasteiger partial charge < -0.3 is 0 Å². The van der Waals surface area contributed by atoms with Gasteiger partial charge in [-0.2, -0.15) is 0 Å². The third kappa shape index (κ3) is 4.80. The van der Waals surface area contributed by atoms with Crippen LogP contribution in [0.3, 0.4) is 0 Å². The van der Waals surface area contributed by atoms with E-state index in [1.807, 2.05) is 21.4 Å². The average molecular weight is 534 g/mol. The monoisotopic (exact) mass is 533 g/mol. The van der Waals surface area contributed by atoms with Crippen molar-refractivity contribution in [1.82, 2.24) is 23.6 Å². The number of nitrogens with zero attached hydrogens (tertiary/aromatic N) is 5. The highest BCUT2D eigenvalue weighted by atomic mass is 32.2. The molecule has 2 heterocycles. The number of sulfonamides is 1. The van der Waals surface area contributed by atoms with E-state index >= 15 is 0 Å². The number of aromatic nitrogens is 3. The second-order valence-electron chi connectivity index (χ2n) is 9.71. The van der Waals surface area contributed by atoms with Crippen LogP contribution in [0, 0.1) is 18.6 Å². The van der Waals surface area contributed by atoms with Crippen molar-refractivity contribution in [3.8, 4) is 17.1 Å². The summed E-state index contributed by atoms with van der Waals surface area (Å²) in [6.45, 7) is 6.41. The van der Waals surface area contributed by atoms with Gasteiger partial charge in [0.1, 0.15) is 0 Å². The van der Waals surface area contributed by atoms with Gasteiger partial charge in [-0.3, -0.25) is 9.47 Å². The summed E-state index contributed by atoms with van der Waals surface area (Å²) in [6.07, 6.45) is 0.985. The average Bonchev–Trinajstić information content (AvgIpc) is 3.19. The first kappa shape index (κ1) is 25.5. The van der Waals surface area contributed by atoms with Gasteiger partial charge in [0.15, 0.2) is 5.82 Å². The summed E-state index contributed by atoms with van der Waals surface area (Å²) in [7, 11) is -0.534. The van der Waals surface area contributed by atoms with Crippen molar-refractivity contribution in [2.75, 3.05) is 20.6 Å². The van der Waals surface area contributed by atoms with Gasteiger partial charge in [-0.05, 0) is 66.9 Å². The Balaban J connectivity index is 1.63. The SMILES string of the molecule is Cc1cccc(C)c1-n1c(-c2cccc(S(=O)(=O)N(C)C)c2)nn(CN2CCc3ccccc3C2)c1=S. The van der Waals surface area contributed by atoms with E-state index in [-0.39, 0.29) is 4.90 Å². The van der Waals surface area contributed by atoms with Crippen molar-refractivity contribution < 1.29 is 8.42 Å². The highest BCUT2D eigenvalue weighted by Gasteiger charge is 2.23. The minimum Gasteiger partial charge on any atom is -0.280 e. The lowest BCUT2D eigenvalue weighted by molar-refractivity contribution is 0.188. The van der Waals surface area contributed by atoms with E-state index in [1.165, 1.54) is 29.5 Å². The molecule has 0 atom stereocenters. The molecule has 0 saturated carbocycles. The van der Waals surface area contributed by atoms with Crippen LogP contribution in [0.1, 0.15) is 22.3 Å². The molecule has 192 valence electrons. The molecule has 0 amide bonds. The van der Waals surface area contributed by atoms with Gasteiger partial charge in [0.25, 0.3) is 0 Å². The Morgan fingerprint density at radius 3 is 2.32 bits per heavy atom. The van der Waals surface area contributed by atoms with E-state index in [2.05, 4.69) is 55.1 Å². The summed E-state index contributed by atoms with van der Waals surface area (Å²) in [5.41, 5.74) is 6.53. The highest BCUT2D eigenvalue weighted by molar-refractivity contribution is 7.89.